The van der Waals surface area contributed by atoms with Crippen molar-refractivity contribution in [2.75, 3.05) is 59.7 Å². The predicted molar refractivity (Wildman–Crippen MR) is 144 cm³/mol. The fourth-order valence-corrected chi connectivity index (χ4v) is 4.86. The van der Waals surface area contributed by atoms with E-state index in [1.54, 1.807) is 11.0 Å². The van der Waals surface area contributed by atoms with Gasteiger partial charge in [-0.15, -0.1) is 0 Å². The SMILES string of the molecule is O=C(Nc1ccc(N2CCCN(C(=O)Nc3c(F)cccc3F)CC2)nc1)c1oc(N2CCCCC2)nc1C(F)(F)F. The maximum absolute atomic E-state index is 13.9. The summed E-state index contributed by atoms with van der Waals surface area (Å²) < 4.78 is 74.1. The van der Waals surface area contributed by atoms with E-state index in [0.717, 1.165) is 31.4 Å². The number of urea groups is 1. The summed E-state index contributed by atoms with van der Waals surface area (Å²) >= 11 is 0. The first-order chi connectivity index (χ1) is 20.1. The molecule has 224 valence electrons. The van der Waals surface area contributed by atoms with E-state index in [1.165, 1.54) is 23.2 Å². The number of nitrogens with zero attached hydrogens (tertiary/aromatic N) is 5. The zero-order valence-electron chi connectivity index (χ0n) is 22.4. The summed E-state index contributed by atoms with van der Waals surface area (Å²) in [6, 6.07) is 5.51. The maximum atomic E-state index is 13.9. The smallest absolute Gasteiger partial charge is 0.417 e. The molecule has 0 aliphatic carbocycles. The number of oxazole rings is 1. The molecular weight excluding hydrogens is 565 g/mol. The number of carbonyl (C=O) groups excluding carboxylic acids is 2. The van der Waals surface area contributed by atoms with Gasteiger partial charge in [-0.25, -0.2) is 18.6 Å². The second-order valence-corrected chi connectivity index (χ2v) is 9.93. The highest BCUT2D eigenvalue weighted by Gasteiger charge is 2.42. The van der Waals surface area contributed by atoms with E-state index in [9.17, 15) is 31.5 Å². The van der Waals surface area contributed by atoms with Crippen LogP contribution in [0.3, 0.4) is 0 Å². The topological polar surface area (TPSA) is 107 Å². The molecule has 15 heteroatoms. The summed E-state index contributed by atoms with van der Waals surface area (Å²) in [6.07, 6.45) is -0.496. The van der Waals surface area contributed by atoms with Gasteiger partial charge < -0.3 is 29.8 Å². The molecule has 0 unspecified atom stereocenters. The third-order valence-electron chi connectivity index (χ3n) is 7.02. The van der Waals surface area contributed by atoms with E-state index < -0.39 is 46.9 Å². The molecule has 0 radical (unpaired) electrons. The van der Waals surface area contributed by atoms with Gasteiger partial charge >= 0.3 is 12.2 Å². The molecule has 0 spiro atoms. The summed E-state index contributed by atoms with van der Waals surface area (Å²) in [4.78, 5) is 38.2. The van der Waals surface area contributed by atoms with Crippen molar-refractivity contribution < 1.29 is 36.0 Å². The number of rotatable bonds is 5. The Hall–Kier alpha value is -4.43. The first-order valence-corrected chi connectivity index (χ1v) is 13.5. The number of carbonyl (C=O) groups is 2. The number of para-hydroxylation sites is 1. The molecule has 2 aliphatic rings. The van der Waals surface area contributed by atoms with Crippen molar-refractivity contribution in [3.63, 3.8) is 0 Å². The highest BCUT2D eigenvalue weighted by atomic mass is 19.4. The van der Waals surface area contributed by atoms with Gasteiger partial charge in [0.25, 0.3) is 11.9 Å². The maximum Gasteiger partial charge on any atom is 0.437 e. The molecule has 42 heavy (non-hydrogen) atoms. The number of halogens is 5. The lowest BCUT2D eigenvalue weighted by molar-refractivity contribution is -0.141. The molecule has 10 nitrogen and oxygen atoms in total. The van der Waals surface area contributed by atoms with Crippen LogP contribution >= 0.6 is 0 Å². The second-order valence-electron chi connectivity index (χ2n) is 9.93. The van der Waals surface area contributed by atoms with Gasteiger partial charge in [0, 0.05) is 39.3 Å². The molecule has 2 aromatic heterocycles. The van der Waals surface area contributed by atoms with Crippen LogP contribution in [0.4, 0.5) is 50.0 Å². The Morgan fingerprint density at radius 1 is 0.833 bits per heavy atom. The van der Waals surface area contributed by atoms with Gasteiger partial charge in [-0.1, -0.05) is 6.07 Å². The van der Waals surface area contributed by atoms with Gasteiger partial charge in [-0.2, -0.15) is 18.2 Å². The summed E-state index contributed by atoms with van der Waals surface area (Å²) in [5, 5.41) is 4.67. The zero-order valence-corrected chi connectivity index (χ0v) is 22.4. The Bertz CT molecular complexity index is 1400. The van der Waals surface area contributed by atoms with E-state index in [0.29, 0.717) is 45.0 Å². The quantitative estimate of drug-likeness (QED) is 0.384. The van der Waals surface area contributed by atoms with Crippen LogP contribution in [0.1, 0.15) is 41.9 Å². The predicted octanol–water partition coefficient (Wildman–Crippen LogP) is 5.35. The van der Waals surface area contributed by atoms with Crippen molar-refractivity contribution in [3.05, 3.63) is 59.6 Å². The van der Waals surface area contributed by atoms with Crippen LogP contribution in [-0.2, 0) is 6.18 Å². The lowest BCUT2D eigenvalue weighted by Crippen LogP contribution is -2.38. The highest BCUT2D eigenvalue weighted by Crippen LogP contribution is 2.35. The van der Waals surface area contributed by atoms with Crippen LogP contribution in [0, 0.1) is 11.6 Å². The van der Waals surface area contributed by atoms with Gasteiger partial charge in [0.1, 0.15) is 23.1 Å². The summed E-state index contributed by atoms with van der Waals surface area (Å²) in [5.41, 5.74) is -1.75. The van der Waals surface area contributed by atoms with Crippen LogP contribution < -0.4 is 20.4 Å². The number of pyridine rings is 1. The lowest BCUT2D eigenvalue weighted by Gasteiger charge is -2.24. The number of nitrogens with one attached hydrogen (secondary N) is 2. The molecule has 2 fully saturated rings. The van der Waals surface area contributed by atoms with Gasteiger partial charge in [0.2, 0.25) is 5.76 Å². The zero-order chi connectivity index (χ0) is 29.9. The van der Waals surface area contributed by atoms with Crippen molar-refractivity contribution >= 4 is 35.1 Å². The first kappa shape index (κ1) is 29.1. The van der Waals surface area contributed by atoms with Gasteiger partial charge in [0.15, 0.2) is 5.69 Å². The number of piperidine rings is 1. The van der Waals surface area contributed by atoms with Crippen LogP contribution in [0.2, 0.25) is 0 Å². The van der Waals surface area contributed by atoms with E-state index in [1.807, 2.05) is 4.90 Å². The van der Waals surface area contributed by atoms with Crippen LogP contribution in [0.25, 0.3) is 0 Å². The number of alkyl halides is 3. The molecule has 1 aromatic carbocycles. The fourth-order valence-electron chi connectivity index (χ4n) is 4.86. The number of aromatic nitrogens is 2. The largest absolute Gasteiger partial charge is 0.437 e. The Morgan fingerprint density at radius 3 is 2.21 bits per heavy atom. The third kappa shape index (κ3) is 6.55. The van der Waals surface area contributed by atoms with Crippen LogP contribution in [0.5, 0.6) is 0 Å². The van der Waals surface area contributed by atoms with Crippen molar-refractivity contribution in [2.45, 2.75) is 31.9 Å². The Morgan fingerprint density at radius 2 is 1.55 bits per heavy atom. The molecule has 0 saturated carbocycles. The van der Waals surface area contributed by atoms with Gasteiger partial charge in [0.05, 0.1) is 11.9 Å². The minimum absolute atomic E-state index is 0.149. The lowest BCUT2D eigenvalue weighted by atomic mass is 10.1. The highest BCUT2D eigenvalue weighted by molar-refractivity contribution is 6.03. The molecule has 2 N–H and O–H groups in total. The molecule has 0 bridgehead atoms. The number of amides is 3. The summed E-state index contributed by atoms with van der Waals surface area (Å²) in [5.74, 6) is -3.27. The van der Waals surface area contributed by atoms with Crippen LogP contribution in [-0.4, -0.2) is 66.1 Å². The Labute approximate surface area is 237 Å². The normalized spacial score (nSPS) is 16.3. The molecule has 3 amide bonds. The van der Waals surface area contributed by atoms with Crippen molar-refractivity contribution in [1.82, 2.24) is 14.9 Å². The molecule has 2 aliphatic heterocycles. The van der Waals surface area contributed by atoms with Crippen LogP contribution in [0.15, 0.2) is 40.9 Å². The molecule has 5 rings (SSSR count). The average Bonchev–Trinajstić information content (AvgIpc) is 3.29. The standard InChI is InChI=1S/C27H28F5N7O3/c28-18-6-4-7-19(29)21(18)35-25(41)38-13-5-12-37(14-15-38)20-9-8-17(16-33-20)34-24(40)22-23(27(30,31)32)36-26(42-22)39-10-2-1-3-11-39/h4,6-9,16H,1-3,5,10-15H2,(H,34,40)(H,35,41). The molecule has 4 heterocycles. The monoisotopic (exact) mass is 593 g/mol. The fraction of sp³-hybridized carbons (Fsp3) is 0.407. The van der Waals surface area contributed by atoms with E-state index in [2.05, 4.69) is 20.6 Å². The van der Waals surface area contributed by atoms with Gasteiger partial charge in [-0.3, -0.25) is 4.79 Å². The third-order valence-corrected chi connectivity index (χ3v) is 7.02. The number of anilines is 4. The van der Waals surface area contributed by atoms with Gasteiger partial charge in [-0.05, 0) is 49.9 Å². The second kappa shape index (κ2) is 12.2. The van der Waals surface area contributed by atoms with E-state index in [-0.39, 0.29) is 18.2 Å². The van der Waals surface area contributed by atoms with Crippen molar-refractivity contribution in [3.8, 4) is 0 Å². The molecule has 2 saturated heterocycles. The number of hydrogen-bond acceptors (Lipinski definition) is 7. The number of benzene rings is 1. The van der Waals surface area contributed by atoms with E-state index in [4.69, 9.17) is 4.42 Å². The Balaban J connectivity index is 1.21. The number of hydrogen-bond donors (Lipinski definition) is 2. The minimum atomic E-state index is -4.88. The van der Waals surface area contributed by atoms with E-state index >= 15 is 0 Å². The minimum Gasteiger partial charge on any atom is -0.417 e. The molecule has 3 aromatic rings. The summed E-state index contributed by atoms with van der Waals surface area (Å²) in [7, 11) is 0. The molecular formula is C27H28F5N7O3. The average molecular weight is 594 g/mol. The summed E-state index contributed by atoms with van der Waals surface area (Å²) in [6.45, 7) is 2.44. The molecule has 0 atom stereocenters. The Kier molecular flexibility index (Phi) is 8.45. The first-order valence-electron chi connectivity index (χ1n) is 13.5. The van der Waals surface area contributed by atoms with Crippen molar-refractivity contribution in [1.29, 1.82) is 0 Å². The van der Waals surface area contributed by atoms with Crippen molar-refractivity contribution in [2.24, 2.45) is 0 Å².